The Hall–Kier alpha value is -4.28. The number of non-ortho nitro benzene ring substituents is 1. The van der Waals surface area contributed by atoms with Gasteiger partial charge in [-0.3, -0.25) is 10.1 Å². The average molecular weight is 435 g/mol. The summed E-state index contributed by atoms with van der Waals surface area (Å²) in [6.07, 6.45) is 1.99. The zero-order chi connectivity index (χ0) is 22.5. The number of rotatable bonds is 7. The lowest BCUT2D eigenvalue weighted by Crippen LogP contribution is -2.21. The molecule has 11 heteroatoms. The van der Waals surface area contributed by atoms with Gasteiger partial charge in [-0.2, -0.15) is 15.0 Å². The van der Waals surface area contributed by atoms with Gasteiger partial charge >= 0.3 is 5.97 Å². The van der Waals surface area contributed by atoms with Gasteiger partial charge in [-0.05, 0) is 31.0 Å². The van der Waals surface area contributed by atoms with Crippen LogP contribution in [0.25, 0.3) is 0 Å². The van der Waals surface area contributed by atoms with Gasteiger partial charge in [-0.15, -0.1) is 0 Å². The molecule has 2 heterocycles. The van der Waals surface area contributed by atoms with Crippen LogP contribution in [0.5, 0.6) is 0 Å². The van der Waals surface area contributed by atoms with Gasteiger partial charge in [0, 0.05) is 30.9 Å². The molecule has 3 N–H and O–H groups in total. The third-order valence-corrected chi connectivity index (χ3v) is 4.92. The minimum Gasteiger partial charge on any atom is -0.454 e. The second-order valence-corrected chi connectivity index (χ2v) is 7.15. The number of anilines is 4. The molecule has 4 rings (SSSR count). The molecule has 0 aliphatic carbocycles. The molecule has 11 nitrogen and oxygen atoms in total. The topological polar surface area (TPSA) is 149 Å². The quantitative estimate of drug-likeness (QED) is 0.322. The van der Waals surface area contributed by atoms with Crippen LogP contribution in [0.4, 0.5) is 29.0 Å². The van der Waals surface area contributed by atoms with Crippen molar-refractivity contribution in [2.75, 3.05) is 29.0 Å². The minimum atomic E-state index is -0.702. The SMILES string of the molecule is Nc1nc(COC(=O)c2cc([N+](=O)[O-])ccc2N2CCCC2)nc(Nc2ccccc2)n1. The number of nitrogens with one attached hydrogen (secondary N) is 1. The van der Waals surface area contributed by atoms with E-state index >= 15 is 0 Å². The number of nitro groups is 1. The zero-order valence-corrected chi connectivity index (χ0v) is 17.1. The summed E-state index contributed by atoms with van der Waals surface area (Å²) >= 11 is 0. The summed E-state index contributed by atoms with van der Waals surface area (Å²) in [6.45, 7) is 1.28. The van der Waals surface area contributed by atoms with Crippen molar-refractivity contribution in [3.05, 3.63) is 70.0 Å². The van der Waals surface area contributed by atoms with Crippen LogP contribution in [-0.4, -0.2) is 38.9 Å². The molecule has 0 saturated carbocycles. The molecule has 32 heavy (non-hydrogen) atoms. The Kier molecular flexibility index (Phi) is 6.06. The Morgan fingerprint density at radius 2 is 1.88 bits per heavy atom. The van der Waals surface area contributed by atoms with E-state index in [1.54, 1.807) is 6.07 Å². The number of hydrogen-bond donors (Lipinski definition) is 2. The molecule has 0 atom stereocenters. The van der Waals surface area contributed by atoms with Crippen molar-refractivity contribution >= 4 is 34.9 Å². The van der Waals surface area contributed by atoms with Crippen LogP contribution < -0.4 is 16.0 Å². The summed E-state index contributed by atoms with van der Waals surface area (Å²) in [4.78, 5) is 37.8. The first-order valence-electron chi connectivity index (χ1n) is 10.0. The number of aromatic nitrogens is 3. The number of hydrogen-bond acceptors (Lipinski definition) is 10. The number of nitrogens with zero attached hydrogens (tertiary/aromatic N) is 5. The van der Waals surface area contributed by atoms with Gasteiger partial charge in [-0.1, -0.05) is 18.2 Å². The lowest BCUT2D eigenvalue weighted by Gasteiger charge is -2.20. The van der Waals surface area contributed by atoms with E-state index in [2.05, 4.69) is 20.3 Å². The summed E-state index contributed by atoms with van der Waals surface area (Å²) in [6, 6.07) is 13.5. The molecule has 0 bridgehead atoms. The number of para-hydroxylation sites is 1. The summed E-state index contributed by atoms with van der Waals surface area (Å²) in [5.74, 6) is -0.370. The van der Waals surface area contributed by atoms with E-state index in [4.69, 9.17) is 10.5 Å². The molecule has 1 aromatic heterocycles. The van der Waals surface area contributed by atoms with E-state index in [1.807, 2.05) is 35.2 Å². The maximum absolute atomic E-state index is 12.8. The van der Waals surface area contributed by atoms with Crippen molar-refractivity contribution in [2.24, 2.45) is 0 Å². The number of esters is 1. The number of ether oxygens (including phenoxy) is 1. The third-order valence-electron chi connectivity index (χ3n) is 4.92. The van der Waals surface area contributed by atoms with E-state index in [-0.39, 0.29) is 35.6 Å². The zero-order valence-electron chi connectivity index (χ0n) is 17.1. The molecule has 0 spiro atoms. The highest BCUT2D eigenvalue weighted by molar-refractivity contribution is 5.96. The van der Waals surface area contributed by atoms with Gasteiger partial charge < -0.3 is 20.7 Å². The molecule has 0 radical (unpaired) electrons. The predicted molar refractivity (Wildman–Crippen MR) is 118 cm³/mol. The molecular weight excluding hydrogens is 414 g/mol. The van der Waals surface area contributed by atoms with Crippen LogP contribution in [0.15, 0.2) is 48.5 Å². The van der Waals surface area contributed by atoms with Crippen LogP contribution in [0.1, 0.15) is 29.0 Å². The van der Waals surface area contributed by atoms with Gasteiger partial charge in [0.25, 0.3) is 5.69 Å². The highest BCUT2D eigenvalue weighted by Gasteiger charge is 2.24. The average Bonchev–Trinajstić information content (AvgIpc) is 3.32. The van der Waals surface area contributed by atoms with Crippen LogP contribution >= 0.6 is 0 Å². The predicted octanol–water partition coefficient (Wildman–Crippen LogP) is 3.06. The summed E-state index contributed by atoms with van der Waals surface area (Å²) in [5.41, 5.74) is 7.08. The van der Waals surface area contributed by atoms with E-state index in [0.717, 1.165) is 31.6 Å². The molecule has 1 saturated heterocycles. The maximum Gasteiger partial charge on any atom is 0.340 e. The smallest absolute Gasteiger partial charge is 0.340 e. The van der Waals surface area contributed by atoms with Gasteiger partial charge in [-0.25, -0.2) is 4.79 Å². The fourth-order valence-electron chi connectivity index (χ4n) is 3.45. The van der Waals surface area contributed by atoms with Crippen LogP contribution in [0.3, 0.4) is 0 Å². The van der Waals surface area contributed by atoms with Crippen molar-refractivity contribution in [2.45, 2.75) is 19.4 Å². The van der Waals surface area contributed by atoms with E-state index in [9.17, 15) is 14.9 Å². The fraction of sp³-hybridized carbons (Fsp3) is 0.238. The number of nitrogen functional groups attached to an aromatic ring is 1. The largest absolute Gasteiger partial charge is 0.454 e. The molecule has 0 amide bonds. The number of benzene rings is 2. The second-order valence-electron chi connectivity index (χ2n) is 7.15. The Balaban J connectivity index is 1.52. The Labute approximate surface area is 183 Å². The van der Waals surface area contributed by atoms with Gasteiger partial charge in [0.2, 0.25) is 11.9 Å². The van der Waals surface area contributed by atoms with Gasteiger partial charge in [0.05, 0.1) is 16.2 Å². The molecule has 0 unspecified atom stereocenters. The fourth-order valence-corrected chi connectivity index (χ4v) is 3.45. The third kappa shape index (κ3) is 4.89. The molecule has 1 aliphatic heterocycles. The number of carbonyl (C=O) groups is 1. The van der Waals surface area contributed by atoms with Crippen molar-refractivity contribution in [1.29, 1.82) is 0 Å². The molecule has 2 aromatic carbocycles. The first kappa shape index (κ1) is 21.0. The summed E-state index contributed by atoms with van der Waals surface area (Å²) < 4.78 is 5.39. The monoisotopic (exact) mass is 435 g/mol. The van der Waals surface area contributed by atoms with Crippen LogP contribution in [0, 0.1) is 10.1 Å². The van der Waals surface area contributed by atoms with Crippen LogP contribution in [0.2, 0.25) is 0 Å². The first-order chi connectivity index (χ1) is 15.5. The Morgan fingerprint density at radius 3 is 2.59 bits per heavy atom. The Bertz CT molecular complexity index is 1130. The van der Waals surface area contributed by atoms with E-state index in [0.29, 0.717) is 5.69 Å². The van der Waals surface area contributed by atoms with Crippen molar-refractivity contribution in [3.63, 3.8) is 0 Å². The van der Waals surface area contributed by atoms with Crippen LogP contribution in [-0.2, 0) is 11.3 Å². The molecule has 1 fully saturated rings. The summed E-state index contributed by atoms with van der Waals surface area (Å²) in [7, 11) is 0. The van der Waals surface area contributed by atoms with E-state index < -0.39 is 10.9 Å². The van der Waals surface area contributed by atoms with Crippen molar-refractivity contribution in [3.8, 4) is 0 Å². The maximum atomic E-state index is 12.8. The molecule has 164 valence electrons. The van der Waals surface area contributed by atoms with E-state index in [1.165, 1.54) is 12.1 Å². The standard InChI is InChI=1S/C21H21N7O4/c22-20-24-18(25-21(26-20)23-14-6-2-1-3-7-14)13-32-19(29)16-12-15(28(30)31)8-9-17(16)27-10-4-5-11-27/h1-3,6-9,12H,4-5,10-11,13H2,(H3,22,23,24,25,26). The molecule has 1 aliphatic rings. The van der Waals surface area contributed by atoms with Gasteiger partial charge in [0.1, 0.15) is 0 Å². The molecular formula is C21H21N7O4. The van der Waals surface area contributed by atoms with Crippen molar-refractivity contribution in [1.82, 2.24) is 15.0 Å². The Morgan fingerprint density at radius 1 is 1.12 bits per heavy atom. The highest BCUT2D eigenvalue weighted by atomic mass is 16.6. The number of carbonyl (C=O) groups excluding carboxylic acids is 1. The normalized spacial score (nSPS) is 13.1. The molecule has 3 aromatic rings. The number of nitro benzene ring substituents is 1. The number of nitrogens with two attached hydrogens (primary N) is 1. The van der Waals surface area contributed by atoms with Gasteiger partial charge in [0.15, 0.2) is 12.4 Å². The lowest BCUT2D eigenvalue weighted by molar-refractivity contribution is -0.384. The lowest BCUT2D eigenvalue weighted by atomic mass is 10.1. The minimum absolute atomic E-state index is 0.0300. The van der Waals surface area contributed by atoms with Crippen molar-refractivity contribution < 1.29 is 14.5 Å². The highest BCUT2D eigenvalue weighted by Crippen LogP contribution is 2.29. The first-order valence-corrected chi connectivity index (χ1v) is 10.0. The summed E-state index contributed by atoms with van der Waals surface area (Å²) in [5, 5.41) is 14.2. The second kappa shape index (κ2) is 9.25.